The number of hydrogen-bond donors (Lipinski definition) is 0. The molecule has 3 nitrogen and oxygen atoms in total. The molecule has 0 radical (unpaired) electrons. The van der Waals surface area contributed by atoms with E-state index in [-0.39, 0.29) is 16.2 Å². The van der Waals surface area contributed by atoms with Gasteiger partial charge in [-0.1, -0.05) is 72.3 Å². The van der Waals surface area contributed by atoms with Gasteiger partial charge in [0.05, 0.1) is 6.61 Å². The van der Waals surface area contributed by atoms with Crippen molar-refractivity contribution in [3.8, 4) is 0 Å². The Hall–Kier alpha value is -0.423. The molecule has 1 aliphatic rings. The third kappa shape index (κ3) is 7.34. The fourth-order valence-corrected chi connectivity index (χ4v) is 4.68. The van der Waals surface area contributed by atoms with E-state index in [1.54, 1.807) is 0 Å². The maximum Gasteiger partial charge on any atom is 0.192 e. The summed E-state index contributed by atoms with van der Waals surface area (Å²) in [5, 5.41) is 0.195. The molecule has 0 aromatic rings. The normalized spacial score (nSPS) is 27.7. The third-order valence-corrected chi connectivity index (χ3v) is 11.5. The van der Waals surface area contributed by atoms with Gasteiger partial charge in [-0.25, -0.2) is 9.78 Å². The van der Waals surface area contributed by atoms with Crippen LogP contribution in [0.15, 0.2) is 23.8 Å². The van der Waals surface area contributed by atoms with Crippen LogP contribution < -0.4 is 0 Å². The van der Waals surface area contributed by atoms with Crippen LogP contribution in [0.25, 0.3) is 0 Å². The molecule has 1 saturated heterocycles. The Labute approximate surface area is 182 Å². The van der Waals surface area contributed by atoms with Crippen molar-refractivity contribution >= 4 is 8.32 Å². The molecule has 0 aliphatic carbocycles. The Kier molecular flexibility index (Phi) is 9.86. The zero-order valence-corrected chi connectivity index (χ0v) is 22.0. The second-order valence-corrected chi connectivity index (χ2v) is 15.4. The van der Waals surface area contributed by atoms with Crippen molar-refractivity contribution in [1.82, 2.24) is 0 Å². The van der Waals surface area contributed by atoms with Crippen LogP contribution in [-0.2, 0) is 14.2 Å². The SMILES string of the molecule is CC/C=C/[C@@H](CC)C/C(C)=C/C1(CC)CC(CC)(CO[Si](C)(C)C(C)(C)C)OO1. The van der Waals surface area contributed by atoms with Crippen LogP contribution in [0.1, 0.15) is 93.9 Å². The summed E-state index contributed by atoms with van der Waals surface area (Å²) < 4.78 is 6.55. The summed E-state index contributed by atoms with van der Waals surface area (Å²) in [7, 11) is -1.82. The molecule has 3 atom stereocenters. The van der Waals surface area contributed by atoms with Crippen molar-refractivity contribution in [2.75, 3.05) is 6.61 Å². The van der Waals surface area contributed by atoms with Crippen LogP contribution in [0, 0.1) is 5.92 Å². The minimum Gasteiger partial charge on any atom is -0.414 e. The van der Waals surface area contributed by atoms with Crippen molar-refractivity contribution in [2.24, 2.45) is 5.92 Å². The molecule has 1 heterocycles. The van der Waals surface area contributed by atoms with Crippen molar-refractivity contribution in [2.45, 2.75) is 123 Å². The van der Waals surface area contributed by atoms with Crippen molar-refractivity contribution < 1.29 is 14.2 Å². The molecule has 2 unspecified atom stereocenters. The van der Waals surface area contributed by atoms with Crippen molar-refractivity contribution in [3.63, 3.8) is 0 Å². The Bertz CT molecular complexity index is 561. The minimum absolute atomic E-state index is 0.195. The average molecular weight is 425 g/mol. The Morgan fingerprint density at radius 3 is 2.24 bits per heavy atom. The average Bonchev–Trinajstić information content (AvgIpc) is 3.02. The zero-order valence-electron chi connectivity index (χ0n) is 21.0. The van der Waals surface area contributed by atoms with E-state index in [1.807, 2.05) is 0 Å². The van der Waals surface area contributed by atoms with E-state index in [9.17, 15) is 0 Å². The number of allylic oxidation sites excluding steroid dienone is 3. The smallest absolute Gasteiger partial charge is 0.192 e. The maximum atomic E-state index is 6.55. The Balaban J connectivity index is 2.92. The highest BCUT2D eigenvalue weighted by molar-refractivity contribution is 6.74. The molecule has 0 amide bonds. The zero-order chi connectivity index (χ0) is 22.3. The van der Waals surface area contributed by atoms with Gasteiger partial charge in [0.1, 0.15) is 11.2 Å². The highest BCUT2D eigenvalue weighted by atomic mass is 28.4. The molecule has 0 N–H and O–H groups in total. The van der Waals surface area contributed by atoms with E-state index in [2.05, 4.69) is 86.7 Å². The molecular weight excluding hydrogens is 376 g/mol. The highest BCUT2D eigenvalue weighted by Crippen LogP contribution is 2.44. The summed E-state index contributed by atoms with van der Waals surface area (Å²) in [6, 6.07) is 0. The van der Waals surface area contributed by atoms with Gasteiger partial charge in [-0.15, -0.1) is 0 Å². The van der Waals surface area contributed by atoms with Crippen LogP contribution in [0.4, 0.5) is 0 Å². The van der Waals surface area contributed by atoms with E-state index in [0.29, 0.717) is 12.5 Å². The highest BCUT2D eigenvalue weighted by Gasteiger charge is 2.50. The second-order valence-electron chi connectivity index (χ2n) is 10.5. The summed E-state index contributed by atoms with van der Waals surface area (Å²) in [6.07, 6.45) is 13.0. The summed E-state index contributed by atoms with van der Waals surface area (Å²) in [6.45, 7) is 23.1. The molecule has 29 heavy (non-hydrogen) atoms. The molecule has 170 valence electrons. The number of hydrogen-bond acceptors (Lipinski definition) is 3. The largest absolute Gasteiger partial charge is 0.414 e. The van der Waals surface area contributed by atoms with Crippen LogP contribution in [0.3, 0.4) is 0 Å². The van der Waals surface area contributed by atoms with E-state index in [4.69, 9.17) is 14.2 Å². The fraction of sp³-hybridized carbons (Fsp3) is 0.840. The Morgan fingerprint density at radius 1 is 1.10 bits per heavy atom. The molecule has 1 fully saturated rings. The van der Waals surface area contributed by atoms with Crippen LogP contribution >= 0.6 is 0 Å². The Morgan fingerprint density at radius 2 is 1.76 bits per heavy atom. The van der Waals surface area contributed by atoms with E-state index >= 15 is 0 Å². The topological polar surface area (TPSA) is 27.7 Å². The van der Waals surface area contributed by atoms with Gasteiger partial charge >= 0.3 is 0 Å². The monoisotopic (exact) mass is 424 g/mol. The maximum absolute atomic E-state index is 6.55. The number of rotatable bonds is 11. The standard InChI is InChI=1S/C25H48O3Si/c1-11-15-16-22(12-2)17-21(5)18-24(13-3)19-25(14-4,28-27-24)20-26-29(9,10)23(6,7)8/h15-16,18,22H,11-14,17,19-20H2,1-10H3/b16-15+,21-18+/t22-,24?,25?/m1/s1. The van der Waals surface area contributed by atoms with Crippen LogP contribution in [-0.4, -0.2) is 26.1 Å². The van der Waals surface area contributed by atoms with E-state index in [1.165, 1.54) is 5.57 Å². The van der Waals surface area contributed by atoms with E-state index < -0.39 is 8.32 Å². The van der Waals surface area contributed by atoms with Gasteiger partial charge in [0.15, 0.2) is 8.32 Å². The second kappa shape index (κ2) is 10.7. The predicted molar refractivity (Wildman–Crippen MR) is 128 cm³/mol. The fourth-order valence-electron chi connectivity index (χ4n) is 3.62. The summed E-state index contributed by atoms with van der Waals surface area (Å²) in [5.74, 6) is 0.597. The molecule has 0 spiro atoms. The lowest BCUT2D eigenvalue weighted by atomic mass is 9.83. The molecular formula is C25H48O3Si. The lowest BCUT2D eigenvalue weighted by Crippen LogP contribution is -2.46. The van der Waals surface area contributed by atoms with Crippen molar-refractivity contribution in [1.29, 1.82) is 0 Å². The van der Waals surface area contributed by atoms with Gasteiger partial charge in [-0.2, -0.15) is 0 Å². The predicted octanol–water partition coefficient (Wildman–Crippen LogP) is 7.99. The van der Waals surface area contributed by atoms with Crippen molar-refractivity contribution in [3.05, 3.63) is 23.8 Å². The van der Waals surface area contributed by atoms with E-state index in [0.717, 1.165) is 38.5 Å². The lowest BCUT2D eigenvalue weighted by molar-refractivity contribution is -0.346. The molecule has 0 aromatic heterocycles. The first kappa shape index (κ1) is 26.6. The lowest BCUT2D eigenvalue weighted by Gasteiger charge is -2.38. The van der Waals surface area contributed by atoms with Gasteiger partial charge in [0.2, 0.25) is 0 Å². The molecule has 1 rings (SSSR count). The molecule has 0 bridgehead atoms. The summed E-state index contributed by atoms with van der Waals surface area (Å²) in [5.41, 5.74) is 0.693. The van der Waals surface area contributed by atoms with Gasteiger partial charge in [0, 0.05) is 6.42 Å². The van der Waals surface area contributed by atoms with Gasteiger partial charge in [0.25, 0.3) is 0 Å². The quantitative estimate of drug-likeness (QED) is 0.191. The van der Waals surface area contributed by atoms with Gasteiger partial charge in [-0.05, 0) is 63.1 Å². The van der Waals surface area contributed by atoms with Gasteiger partial charge < -0.3 is 4.43 Å². The third-order valence-electron chi connectivity index (χ3n) is 7.01. The molecule has 0 aromatic carbocycles. The first-order valence-electron chi connectivity index (χ1n) is 11.7. The van der Waals surface area contributed by atoms with Crippen LogP contribution in [0.5, 0.6) is 0 Å². The molecule has 4 heteroatoms. The van der Waals surface area contributed by atoms with Gasteiger partial charge in [-0.3, -0.25) is 0 Å². The summed E-state index contributed by atoms with van der Waals surface area (Å²) in [4.78, 5) is 12.1. The molecule has 1 aliphatic heterocycles. The summed E-state index contributed by atoms with van der Waals surface area (Å²) >= 11 is 0. The molecule has 0 saturated carbocycles. The van der Waals surface area contributed by atoms with Crippen LogP contribution in [0.2, 0.25) is 18.1 Å². The first-order valence-corrected chi connectivity index (χ1v) is 14.6. The first-order chi connectivity index (χ1) is 13.4. The minimum atomic E-state index is -1.82.